The highest BCUT2D eigenvalue weighted by molar-refractivity contribution is 7.16. The molecule has 0 bridgehead atoms. The third kappa shape index (κ3) is 6.27. The van der Waals surface area contributed by atoms with Crippen LogP contribution in [0.3, 0.4) is 0 Å². The molecule has 0 amide bonds. The molecule has 0 aliphatic rings. The van der Waals surface area contributed by atoms with Gasteiger partial charge in [-0.25, -0.2) is 0 Å². The maximum absolute atomic E-state index is 11.7. The number of rotatable bonds is 11. The van der Waals surface area contributed by atoms with E-state index in [1.807, 2.05) is 24.4 Å². The maximum Gasteiger partial charge on any atom is 0.305 e. The van der Waals surface area contributed by atoms with Crippen molar-refractivity contribution in [2.24, 2.45) is 0 Å². The third-order valence-corrected chi connectivity index (χ3v) is 6.42. The molecule has 172 valence electrons. The quantitative estimate of drug-likeness (QED) is 0.218. The number of fused-ring (bicyclic) bond motifs is 1. The van der Waals surface area contributed by atoms with Gasteiger partial charge in [-0.15, -0.1) is 0 Å². The van der Waals surface area contributed by atoms with E-state index >= 15 is 0 Å². The van der Waals surface area contributed by atoms with Gasteiger partial charge < -0.3 is 25.8 Å². The topological polar surface area (TPSA) is 110 Å². The van der Waals surface area contributed by atoms with E-state index in [2.05, 4.69) is 44.9 Å². The summed E-state index contributed by atoms with van der Waals surface area (Å²) in [5.41, 5.74) is 4.59. The number of phenolic OH excluding ortho intramolecular Hbond substituents is 1. The number of thiazole rings is 1. The van der Waals surface area contributed by atoms with E-state index in [9.17, 15) is 15.0 Å². The first-order valence-electron chi connectivity index (χ1n) is 11.0. The Balaban J connectivity index is 1.22. The Kier molecular flexibility index (Phi) is 7.85. The molecule has 0 unspecified atom stereocenters. The summed E-state index contributed by atoms with van der Waals surface area (Å²) in [5.74, 6) is 0.0130. The molecular formula is C25H28N4O3S. The van der Waals surface area contributed by atoms with Crippen LogP contribution in [0.4, 0.5) is 0 Å². The Hall–Kier alpha value is -3.04. The molecule has 0 radical (unpaired) electrons. The molecule has 8 heteroatoms. The molecule has 5 N–H and O–H groups in total. The smallest absolute Gasteiger partial charge is 0.305 e. The Labute approximate surface area is 196 Å². The molecule has 0 fully saturated rings. The normalized spacial score (nSPS) is 12.3. The molecule has 0 saturated carbocycles. The lowest BCUT2D eigenvalue weighted by atomic mass is 10.1. The summed E-state index contributed by atoms with van der Waals surface area (Å²) in [5, 5.41) is 27.2. The standard InChI is InChI=1S/C25H28N4O3S/c30-21-8-7-20(24-23(21)29-25(32)33-24)22(31)16-27-13-10-18-5-3-4-17(14-18)9-12-26-15-19-6-1-2-11-28-19/h1-8,11,14,22,26-27,30-31H,9-10,12-13,15-16H2,(H,29,32)/t22-/m0/s1. The van der Waals surface area contributed by atoms with Crippen LogP contribution in [0.2, 0.25) is 0 Å². The van der Waals surface area contributed by atoms with Crippen LogP contribution in [0, 0.1) is 0 Å². The van der Waals surface area contributed by atoms with Gasteiger partial charge in [0.25, 0.3) is 0 Å². The number of aromatic amines is 1. The van der Waals surface area contributed by atoms with E-state index in [1.165, 1.54) is 17.2 Å². The van der Waals surface area contributed by atoms with Gasteiger partial charge in [0.15, 0.2) is 0 Å². The summed E-state index contributed by atoms with van der Waals surface area (Å²) < 4.78 is 0.596. The number of nitrogens with zero attached hydrogens (tertiary/aromatic N) is 1. The van der Waals surface area contributed by atoms with Crippen LogP contribution in [0.25, 0.3) is 10.2 Å². The van der Waals surface area contributed by atoms with Crippen molar-refractivity contribution in [1.29, 1.82) is 0 Å². The van der Waals surface area contributed by atoms with Gasteiger partial charge in [0.1, 0.15) is 11.3 Å². The fourth-order valence-corrected chi connectivity index (χ4v) is 4.69. The molecule has 2 aromatic carbocycles. The minimum atomic E-state index is -0.768. The molecule has 0 saturated heterocycles. The van der Waals surface area contributed by atoms with Crippen LogP contribution in [0.5, 0.6) is 5.75 Å². The number of phenols is 1. The second-order valence-corrected chi connectivity index (χ2v) is 8.91. The van der Waals surface area contributed by atoms with Crippen LogP contribution in [0.1, 0.15) is 28.5 Å². The average Bonchev–Trinajstić information content (AvgIpc) is 3.23. The number of aromatic hydroxyl groups is 1. The number of hydrogen-bond donors (Lipinski definition) is 5. The average molecular weight is 465 g/mol. The minimum absolute atomic E-state index is 0.0130. The minimum Gasteiger partial charge on any atom is -0.506 e. The first kappa shape index (κ1) is 23.1. The van der Waals surface area contributed by atoms with Crippen LogP contribution in [-0.2, 0) is 19.4 Å². The van der Waals surface area contributed by atoms with Crippen molar-refractivity contribution in [1.82, 2.24) is 20.6 Å². The Bertz CT molecular complexity index is 1240. The SMILES string of the molecule is O=c1[nH]c2c(O)ccc([C@@H](O)CNCCc3cccc(CCNCc4ccccn4)c3)c2s1. The second kappa shape index (κ2) is 11.2. The molecule has 4 rings (SSSR count). The number of H-pyrrole nitrogens is 1. The third-order valence-electron chi connectivity index (χ3n) is 5.49. The Morgan fingerprint density at radius 1 is 1.00 bits per heavy atom. The molecule has 1 atom stereocenters. The van der Waals surface area contributed by atoms with E-state index in [4.69, 9.17) is 0 Å². The van der Waals surface area contributed by atoms with E-state index < -0.39 is 6.10 Å². The van der Waals surface area contributed by atoms with Crippen molar-refractivity contribution < 1.29 is 10.2 Å². The zero-order chi connectivity index (χ0) is 23.0. The molecule has 33 heavy (non-hydrogen) atoms. The van der Waals surface area contributed by atoms with Crippen molar-refractivity contribution in [3.63, 3.8) is 0 Å². The fourth-order valence-electron chi connectivity index (χ4n) is 3.78. The van der Waals surface area contributed by atoms with Gasteiger partial charge >= 0.3 is 4.87 Å². The number of aromatic nitrogens is 2. The zero-order valence-electron chi connectivity index (χ0n) is 18.3. The number of aliphatic hydroxyl groups excluding tert-OH is 1. The van der Waals surface area contributed by atoms with E-state index in [1.54, 1.807) is 6.07 Å². The van der Waals surface area contributed by atoms with Crippen LogP contribution in [-0.4, -0.2) is 39.8 Å². The lowest BCUT2D eigenvalue weighted by Crippen LogP contribution is -2.24. The van der Waals surface area contributed by atoms with E-state index in [0.29, 0.717) is 22.3 Å². The summed E-state index contributed by atoms with van der Waals surface area (Å²) >= 11 is 0.998. The van der Waals surface area contributed by atoms with E-state index in [-0.39, 0.29) is 10.6 Å². The van der Waals surface area contributed by atoms with Gasteiger partial charge in [0.2, 0.25) is 0 Å². The molecule has 0 spiro atoms. The molecule has 0 aliphatic carbocycles. The van der Waals surface area contributed by atoms with Crippen LogP contribution < -0.4 is 15.5 Å². The summed E-state index contributed by atoms with van der Waals surface area (Å²) in [6.45, 7) is 2.74. The van der Waals surface area contributed by atoms with Crippen molar-refractivity contribution in [2.45, 2.75) is 25.5 Å². The van der Waals surface area contributed by atoms with Gasteiger partial charge in [-0.3, -0.25) is 9.78 Å². The van der Waals surface area contributed by atoms with Crippen molar-refractivity contribution in [3.05, 3.63) is 92.8 Å². The molecule has 7 nitrogen and oxygen atoms in total. The monoisotopic (exact) mass is 464 g/mol. The zero-order valence-corrected chi connectivity index (χ0v) is 19.1. The number of benzene rings is 2. The fraction of sp³-hybridized carbons (Fsp3) is 0.280. The highest BCUT2D eigenvalue weighted by atomic mass is 32.1. The predicted octanol–water partition coefficient (Wildman–Crippen LogP) is 2.89. The highest BCUT2D eigenvalue weighted by Crippen LogP contribution is 2.31. The predicted molar refractivity (Wildman–Crippen MR) is 132 cm³/mol. The Morgan fingerprint density at radius 3 is 2.55 bits per heavy atom. The van der Waals surface area contributed by atoms with Crippen LogP contribution >= 0.6 is 11.3 Å². The van der Waals surface area contributed by atoms with Gasteiger partial charge in [-0.05, 0) is 55.3 Å². The van der Waals surface area contributed by atoms with Gasteiger partial charge in [0.05, 0.1) is 16.5 Å². The highest BCUT2D eigenvalue weighted by Gasteiger charge is 2.15. The molecule has 2 aromatic heterocycles. The molecule has 4 aromatic rings. The lowest BCUT2D eigenvalue weighted by Gasteiger charge is -2.13. The second-order valence-electron chi connectivity index (χ2n) is 7.93. The number of aliphatic hydroxyl groups is 1. The lowest BCUT2D eigenvalue weighted by molar-refractivity contribution is 0.176. The van der Waals surface area contributed by atoms with Gasteiger partial charge in [-0.1, -0.05) is 47.7 Å². The molecular weight excluding hydrogens is 436 g/mol. The van der Waals surface area contributed by atoms with Gasteiger partial charge in [0, 0.05) is 24.8 Å². The molecule has 0 aliphatic heterocycles. The maximum atomic E-state index is 11.7. The van der Waals surface area contributed by atoms with Crippen molar-refractivity contribution >= 4 is 21.6 Å². The first-order valence-corrected chi connectivity index (χ1v) is 11.8. The summed E-state index contributed by atoms with van der Waals surface area (Å²) in [7, 11) is 0. The van der Waals surface area contributed by atoms with Crippen molar-refractivity contribution in [3.8, 4) is 5.75 Å². The summed E-state index contributed by atoms with van der Waals surface area (Å²) in [6, 6.07) is 17.7. The molecule has 2 heterocycles. The summed E-state index contributed by atoms with van der Waals surface area (Å²) in [4.78, 5) is 18.3. The van der Waals surface area contributed by atoms with Crippen molar-refractivity contribution in [2.75, 3.05) is 19.6 Å². The van der Waals surface area contributed by atoms with Gasteiger partial charge in [-0.2, -0.15) is 0 Å². The number of hydrogen-bond acceptors (Lipinski definition) is 7. The number of nitrogens with one attached hydrogen (secondary N) is 3. The first-order chi connectivity index (χ1) is 16.1. The number of pyridine rings is 1. The van der Waals surface area contributed by atoms with E-state index in [0.717, 1.165) is 49.5 Å². The summed E-state index contributed by atoms with van der Waals surface area (Å²) in [6.07, 6.45) is 2.84. The Morgan fingerprint density at radius 2 is 1.79 bits per heavy atom. The van der Waals surface area contributed by atoms with Crippen LogP contribution in [0.15, 0.2) is 65.6 Å². The largest absolute Gasteiger partial charge is 0.506 e.